The van der Waals surface area contributed by atoms with Gasteiger partial charge in [-0.15, -0.1) is 0 Å². The lowest BCUT2D eigenvalue weighted by Gasteiger charge is -2.43. The van der Waals surface area contributed by atoms with Gasteiger partial charge in [0.2, 0.25) is 0 Å². The zero-order valence-corrected chi connectivity index (χ0v) is 14.2. The van der Waals surface area contributed by atoms with Gasteiger partial charge in [0, 0.05) is 30.2 Å². The van der Waals surface area contributed by atoms with Gasteiger partial charge < -0.3 is 10.2 Å². The number of aliphatic hydroxyl groups is 1. The molecule has 6 heteroatoms. The Morgan fingerprint density at radius 2 is 2.22 bits per heavy atom. The fourth-order valence-corrected chi connectivity index (χ4v) is 3.60. The predicted octanol–water partition coefficient (Wildman–Crippen LogP) is 3.23. The first-order valence-corrected chi connectivity index (χ1v) is 8.27. The number of aryl methyl sites for hydroxylation is 1. The van der Waals surface area contributed by atoms with E-state index < -0.39 is 17.5 Å². The second-order valence-electron chi connectivity index (χ2n) is 6.38. The largest absolute Gasteiger partial charge is 0.481 e. The molecule has 0 saturated carbocycles. The molecule has 0 amide bonds. The van der Waals surface area contributed by atoms with Crippen molar-refractivity contribution in [3.63, 3.8) is 0 Å². The highest BCUT2D eigenvalue weighted by atomic mass is 35.5. The standard InChI is InChI=1S/C17H23ClFNO3/c1-3-7-17(16(22)23)10-20(8-6-14(17)21)9-12-13(18)5-4-11(2)15(12)19/h4-5,14,21H,3,6-10H2,1-2H3,(H,22,23)/t14-,17-/m1/s1. The first-order chi connectivity index (χ1) is 10.8. The number of carbonyl (C=O) groups is 1. The minimum Gasteiger partial charge on any atom is -0.481 e. The molecule has 0 aliphatic carbocycles. The van der Waals surface area contributed by atoms with E-state index >= 15 is 0 Å². The Balaban J connectivity index is 2.25. The zero-order chi connectivity index (χ0) is 17.2. The molecule has 1 heterocycles. The monoisotopic (exact) mass is 343 g/mol. The highest BCUT2D eigenvalue weighted by molar-refractivity contribution is 6.31. The number of carboxylic acids is 1. The molecule has 2 rings (SSSR count). The van der Waals surface area contributed by atoms with E-state index in [1.165, 1.54) is 0 Å². The number of halogens is 2. The molecule has 1 fully saturated rings. The van der Waals surface area contributed by atoms with E-state index in [1.54, 1.807) is 19.1 Å². The number of nitrogens with zero attached hydrogens (tertiary/aromatic N) is 1. The molecule has 1 aromatic carbocycles. The van der Waals surface area contributed by atoms with Crippen LogP contribution in [0.15, 0.2) is 12.1 Å². The van der Waals surface area contributed by atoms with Crippen LogP contribution in [0.3, 0.4) is 0 Å². The number of piperidine rings is 1. The van der Waals surface area contributed by atoms with Gasteiger partial charge in [0.05, 0.1) is 6.10 Å². The fourth-order valence-electron chi connectivity index (χ4n) is 3.39. The molecule has 2 atom stereocenters. The topological polar surface area (TPSA) is 60.8 Å². The first-order valence-electron chi connectivity index (χ1n) is 7.89. The van der Waals surface area contributed by atoms with Crippen molar-refractivity contribution in [3.05, 3.63) is 34.1 Å². The van der Waals surface area contributed by atoms with E-state index in [1.807, 2.05) is 11.8 Å². The van der Waals surface area contributed by atoms with Crippen LogP contribution < -0.4 is 0 Å². The van der Waals surface area contributed by atoms with Crippen molar-refractivity contribution in [2.24, 2.45) is 5.41 Å². The Hall–Kier alpha value is -1.17. The van der Waals surface area contributed by atoms with Crippen LogP contribution in [-0.4, -0.2) is 40.3 Å². The SMILES string of the molecule is CCC[C@@]1(C(=O)O)CN(Cc2c(Cl)ccc(C)c2F)CC[C@H]1O. The van der Waals surface area contributed by atoms with Crippen molar-refractivity contribution < 1.29 is 19.4 Å². The Morgan fingerprint density at radius 1 is 1.52 bits per heavy atom. The normalized spacial score (nSPS) is 25.5. The molecule has 4 nitrogen and oxygen atoms in total. The molecule has 1 aliphatic heterocycles. The Bertz CT molecular complexity index is 595. The average molecular weight is 344 g/mol. The summed E-state index contributed by atoms with van der Waals surface area (Å²) in [7, 11) is 0. The van der Waals surface area contributed by atoms with Crippen LogP contribution >= 0.6 is 11.6 Å². The first kappa shape index (κ1) is 18.2. The molecule has 128 valence electrons. The number of rotatable bonds is 5. The molecule has 2 N–H and O–H groups in total. The number of aliphatic hydroxyl groups excluding tert-OH is 1. The maximum atomic E-state index is 14.3. The lowest BCUT2D eigenvalue weighted by molar-refractivity contribution is -0.164. The summed E-state index contributed by atoms with van der Waals surface area (Å²) in [5, 5.41) is 20.2. The molecule has 0 unspecified atom stereocenters. The van der Waals surface area contributed by atoms with Crippen LogP contribution in [0, 0.1) is 18.2 Å². The van der Waals surface area contributed by atoms with Crippen LogP contribution in [-0.2, 0) is 11.3 Å². The van der Waals surface area contributed by atoms with E-state index in [0.29, 0.717) is 42.0 Å². The smallest absolute Gasteiger partial charge is 0.313 e. The molecule has 0 radical (unpaired) electrons. The summed E-state index contributed by atoms with van der Waals surface area (Å²) in [6, 6.07) is 3.28. The van der Waals surface area contributed by atoms with Gasteiger partial charge in [-0.2, -0.15) is 0 Å². The third kappa shape index (κ3) is 3.52. The third-order valence-corrected chi connectivity index (χ3v) is 5.10. The van der Waals surface area contributed by atoms with E-state index in [2.05, 4.69) is 0 Å². The molecule has 0 spiro atoms. The molecule has 0 bridgehead atoms. The van der Waals surface area contributed by atoms with Gasteiger partial charge in [-0.25, -0.2) is 4.39 Å². The van der Waals surface area contributed by atoms with Crippen molar-refractivity contribution in [2.75, 3.05) is 13.1 Å². The van der Waals surface area contributed by atoms with Gasteiger partial charge in [-0.1, -0.05) is 31.0 Å². The Morgan fingerprint density at radius 3 is 2.83 bits per heavy atom. The molecule has 0 aromatic heterocycles. The zero-order valence-electron chi connectivity index (χ0n) is 13.5. The van der Waals surface area contributed by atoms with Crippen LogP contribution in [0.4, 0.5) is 4.39 Å². The number of aliphatic carboxylic acids is 1. The number of carboxylic acid groups (broad SMARTS) is 1. The molecular formula is C17H23ClFNO3. The van der Waals surface area contributed by atoms with Gasteiger partial charge in [-0.05, 0) is 31.4 Å². The van der Waals surface area contributed by atoms with E-state index in [0.717, 1.165) is 0 Å². The summed E-state index contributed by atoms with van der Waals surface area (Å²) in [6.45, 7) is 4.53. The Labute approximate surface area is 140 Å². The summed E-state index contributed by atoms with van der Waals surface area (Å²) >= 11 is 6.11. The summed E-state index contributed by atoms with van der Waals surface area (Å²) in [5.41, 5.74) is -0.293. The number of hydrogen-bond acceptors (Lipinski definition) is 3. The van der Waals surface area contributed by atoms with Crippen molar-refractivity contribution in [1.82, 2.24) is 4.90 Å². The van der Waals surface area contributed by atoms with Crippen LogP contribution in [0.2, 0.25) is 5.02 Å². The third-order valence-electron chi connectivity index (χ3n) is 4.75. The number of hydrogen-bond donors (Lipinski definition) is 2. The lowest BCUT2D eigenvalue weighted by Crippen LogP contribution is -2.55. The lowest BCUT2D eigenvalue weighted by atomic mass is 9.74. The molecule has 1 saturated heterocycles. The molecular weight excluding hydrogens is 321 g/mol. The van der Waals surface area contributed by atoms with E-state index in [4.69, 9.17) is 11.6 Å². The maximum absolute atomic E-state index is 14.3. The van der Waals surface area contributed by atoms with Crippen molar-refractivity contribution >= 4 is 17.6 Å². The average Bonchev–Trinajstić information content (AvgIpc) is 2.50. The van der Waals surface area contributed by atoms with Gasteiger partial charge in [0.25, 0.3) is 0 Å². The predicted molar refractivity (Wildman–Crippen MR) is 87.0 cm³/mol. The highest BCUT2D eigenvalue weighted by Crippen LogP contribution is 2.36. The van der Waals surface area contributed by atoms with Gasteiger partial charge >= 0.3 is 5.97 Å². The number of benzene rings is 1. The summed E-state index contributed by atoms with van der Waals surface area (Å²) < 4.78 is 14.3. The molecule has 1 aliphatic rings. The van der Waals surface area contributed by atoms with Gasteiger partial charge in [0.1, 0.15) is 11.2 Å². The second-order valence-corrected chi connectivity index (χ2v) is 6.79. The quantitative estimate of drug-likeness (QED) is 0.861. The Kier molecular flexibility index (Phi) is 5.65. The maximum Gasteiger partial charge on any atom is 0.313 e. The van der Waals surface area contributed by atoms with Crippen molar-refractivity contribution in [2.45, 2.75) is 45.8 Å². The van der Waals surface area contributed by atoms with Crippen molar-refractivity contribution in [3.8, 4) is 0 Å². The van der Waals surface area contributed by atoms with Crippen LogP contribution in [0.1, 0.15) is 37.3 Å². The van der Waals surface area contributed by atoms with Gasteiger partial charge in [0.15, 0.2) is 0 Å². The molecule has 1 aromatic rings. The highest BCUT2D eigenvalue weighted by Gasteiger charge is 2.48. The van der Waals surface area contributed by atoms with E-state index in [-0.39, 0.29) is 18.9 Å². The van der Waals surface area contributed by atoms with Crippen molar-refractivity contribution in [1.29, 1.82) is 0 Å². The minimum atomic E-state index is -1.19. The van der Waals surface area contributed by atoms with Crippen LogP contribution in [0.25, 0.3) is 0 Å². The molecule has 23 heavy (non-hydrogen) atoms. The summed E-state index contributed by atoms with van der Waals surface area (Å²) in [4.78, 5) is 13.7. The second kappa shape index (κ2) is 7.16. The van der Waals surface area contributed by atoms with Gasteiger partial charge in [-0.3, -0.25) is 9.69 Å². The summed E-state index contributed by atoms with van der Waals surface area (Å²) in [5.74, 6) is -1.34. The fraction of sp³-hybridized carbons (Fsp3) is 0.588. The summed E-state index contributed by atoms with van der Waals surface area (Å²) in [6.07, 6.45) is 0.534. The minimum absolute atomic E-state index is 0.195. The van der Waals surface area contributed by atoms with E-state index in [9.17, 15) is 19.4 Å². The van der Waals surface area contributed by atoms with Crippen LogP contribution in [0.5, 0.6) is 0 Å². The number of likely N-dealkylation sites (tertiary alicyclic amines) is 1.